The minimum atomic E-state index is -0.358. The molecule has 1 amide bonds. The summed E-state index contributed by atoms with van der Waals surface area (Å²) in [5.41, 5.74) is 15.4. The second-order valence-corrected chi connectivity index (χ2v) is 8.62. The third-order valence-electron chi connectivity index (χ3n) is 5.21. The predicted octanol–water partition coefficient (Wildman–Crippen LogP) is 4.48. The fourth-order valence-corrected chi connectivity index (χ4v) is 4.11. The summed E-state index contributed by atoms with van der Waals surface area (Å²) in [7, 11) is 0. The highest BCUT2D eigenvalue weighted by Gasteiger charge is 2.26. The van der Waals surface area contributed by atoms with Crippen LogP contribution in [-0.2, 0) is 6.42 Å². The van der Waals surface area contributed by atoms with E-state index in [1.165, 1.54) is 16.9 Å². The fourth-order valence-electron chi connectivity index (χ4n) is 3.10. The fraction of sp³-hybridized carbons (Fsp3) is 0.318. The molecular formula is C22H25N5OS. The van der Waals surface area contributed by atoms with Crippen LogP contribution in [0.4, 0.5) is 11.5 Å². The Balaban J connectivity index is 2.25. The van der Waals surface area contributed by atoms with Crippen LogP contribution in [-0.4, -0.2) is 16.4 Å². The number of amides is 1. The first-order valence-corrected chi connectivity index (χ1v) is 10.4. The third-order valence-corrected chi connectivity index (χ3v) is 6.31. The number of hydrogen-bond acceptors (Lipinski definition) is 6. The number of nitrogens with one attached hydrogen (secondary N) is 1. The van der Waals surface area contributed by atoms with Gasteiger partial charge in [-0.15, -0.1) is 11.3 Å². The molecule has 0 aliphatic heterocycles. The molecule has 1 aromatic carbocycles. The number of carbonyl (C=O) groups is 1. The van der Waals surface area contributed by atoms with Crippen molar-refractivity contribution in [3.63, 3.8) is 0 Å². The Hall–Kier alpha value is -3.11. The molecule has 0 saturated heterocycles. The zero-order valence-corrected chi connectivity index (χ0v) is 17.9. The largest absolute Gasteiger partial charge is 0.397 e. The van der Waals surface area contributed by atoms with Gasteiger partial charge in [0.25, 0.3) is 5.91 Å². The molecule has 0 bridgehead atoms. The average molecular weight is 408 g/mol. The van der Waals surface area contributed by atoms with Crippen molar-refractivity contribution in [2.75, 3.05) is 11.5 Å². The van der Waals surface area contributed by atoms with Crippen LogP contribution in [0.1, 0.15) is 54.9 Å². The molecule has 3 aromatic rings. The first kappa shape index (κ1) is 20.6. The van der Waals surface area contributed by atoms with E-state index in [-0.39, 0.29) is 22.8 Å². The number of hydrogen-bond donors (Lipinski definition) is 3. The highest BCUT2D eigenvalue weighted by atomic mass is 32.1. The normalized spacial score (nSPS) is 11.4. The molecule has 0 spiro atoms. The molecule has 0 radical (unpaired) electrons. The smallest absolute Gasteiger partial charge is 0.263 e. The molecule has 5 N–H and O–H groups in total. The molecule has 29 heavy (non-hydrogen) atoms. The van der Waals surface area contributed by atoms with Crippen molar-refractivity contribution in [2.24, 2.45) is 0 Å². The summed E-state index contributed by atoms with van der Waals surface area (Å²) in [5.74, 6) is -0.113. The van der Waals surface area contributed by atoms with Crippen molar-refractivity contribution < 1.29 is 4.79 Å². The lowest BCUT2D eigenvalue weighted by atomic mass is 9.96. The molecule has 7 heteroatoms. The van der Waals surface area contributed by atoms with Gasteiger partial charge in [-0.1, -0.05) is 38.1 Å². The van der Waals surface area contributed by atoms with Crippen LogP contribution in [0.5, 0.6) is 0 Å². The third kappa shape index (κ3) is 3.76. The van der Waals surface area contributed by atoms with Gasteiger partial charge in [0.15, 0.2) is 0 Å². The van der Waals surface area contributed by atoms with E-state index in [9.17, 15) is 10.1 Å². The summed E-state index contributed by atoms with van der Waals surface area (Å²) in [5, 5.41) is 13.3. The number of carbonyl (C=O) groups excluding carboxylic acids is 1. The van der Waals surface area contributed by atoms with Gasteiger partial charge in [0.1, 0.15) is 27.2 Å². The maximum atomic E-state index is 12.9. The molecule has 0 aliphatic rings. The average Bonchev–Trinajstić information content (AvgIpc) is 3.02. The van der Waals surface area contributed by atoms with Crippen LogP contribution < -0.4 is 16.8 Å². The quantitative estimate of drug-likeness (QED) is 0.576. The summed E-state index contributed by atoms with van der Waals surface area (Å²) >= 11 is 1.20. The van der Waals surface area contributed by atoms with Crippen LogP contribution in [0.2, 0.25) is 0 Å². The molecule has 2 aromatic heterocycles. The van der Waals surface area contributed by atoms with Gasteiger partial charge in [-0.25, -0.2) is 4.98 Å². The zero-order chi connectivity index (χ0) is 21.3. The number of aryl methyl sites for hydroxylation is 1. The zero-order valence-electron chi connectivity index (χ0n) is 17.1. The van der Waals surface area contributed by atoms with Gasteiger partial charge < -0.3 is 16.8 Å². The maximum Gasteiger partial charge on any atom is 0.263 e. The molecular weight excluding hydrogens is 382 g/mol. The van der Waals surface area contributed by atoms with Gasteiger partial charge in [-0.3, -0.25) is 4.79 Å². The van der Waals surface area contributed by atoms with Crippen molar-refractivity contribution >= 4 is 39.0 Å². The summed E-state index contributed by atoms with van der Waals surface area (Å²) in [6.45, 7) is 8.00. The Morgan fingerprint density at radius 3 is 2.45 bits per heavy atom. The van der Waals surface area contributed by atoms with E-state index in [1.54, 1.807) is 0 Å². The molecule has 2 heterocycles. The van der Waals surface area contributed by atoms with Gasteiger partial charge in [-0.2, -0.15) is 5.26 Å². The van der Waals surface area contributed by atoms with Gasteiger partial charge in [0.05, 0.1) is 5.69 Å². The van der Waals surface area contributed by atoms with Crippen molar-refractivity contribution in [3.8, 4) is 17.2 Å². The van der Waals surface area contributed by atoms with Crippen LogP contribution in [0, 0.1) is 11.3 Å². The maximum absolute atomic E-state index is 12.9. The number of nitrogens with zero attached hydrogens (tertiary/aromatic N) is 2. The Kier molecular flexibility index (Phi) is 5.49. The number of aromatic nitrogens is 1. The van der Waals surface area contributed by atoms with Crippen molar-refractivity contribution in [2.45, 2.75) is 46.1 Å². The highest BCUT2D eigenvalue weighted by Crippen LogP contribution is 2.42. The number of nitrogen functional groups attached to an aromatic ring is 2. The second kappa shape index (κ2) is 7.72. The Morgan fingerprint density at radius 2 is 1.90 bits per heavy atom. The van der Waals surface area contributed by atoms with Gasteiger partial charge in [0.2, 0.25) is 0 Å². The molecule has 0 saturated carbocycles. The highest BCUT2D eigenvalue weighted by molar-refractivity contribution is 7.21. The van der Waals surface area contributed by atoms with E-state index < -0.39 is 0 Å². The Labute approximate surface area is 174 Å². The number of fused-ring (bicyclic) bond motifs is 1. The number of thiophene rings is 1. The minimum absolute atomic E-state index is 0.136. The molecule has 0 unspecified atom stereocenters. The second-order valence-electron chi connectivity index (χ2n) is 7.63. The molecule has 6 nitrogen and oxygen atoms in total. The Morgan fingerprint density at radius 1 is 1.24 bits per heavy atom. The van der Waals surface area contributed by atoms with Gasteiger partial charge in [0, 0.05) is 16.5 Å². The first-order chi connectivity index (χ1) is 13.7. The summed E-state index contributed by atoms with van der Waals surface area (Å²) < 4.78 is 0. The Bertz CT molecular complexity index is 1120. The molecule has 150 valence electrons. The van der Waals surface area contributed by atoms with Crippen LogP contribution >= 0.6 is 11.3 Å². The monoisotopic (exact) mass is 407 g/mol. The molecule has 0 aliphatic carbocycles. The number of rotatable bonds is 5. The standard InChI is InChI=1S/C22H25N5OS/c1-5-12-7-9-13(10-8-12)15-14(11-23)19(25)26-21-16(15)17(24)18(29-21)20(28)27-22(3,4)6-2/h7-10H,5-6,24H2,1-4H3,(H2,25,26)(H,27,28). The molecule has 0 atom stereocenters. The first-order valence-electron chi connectivity index (χ1n) is 9.55. The van der Waals surface area contributed by atoms with E-state index in [0.29, 0.717) is 26.3 Å². The van der Waals surface area contributed by atoms with E-state index in [0.717, 1.165) is 18.4 Å². The van der Waals surface area contributed by atoms with Crippen LogP contribution in [0.3, 0.4) is 0 Å². The number of nitrogens with two attached hydrogens (primary N) is 2. The van der Waals surface area contributed by atoms with Crippen molar-refractivity contribution in [1.82, 2.24) is 10.3 Å². The number of nitriles is 1. The lowest BCUT2D eigenvalue weighted by molar-refractivity contribution is 0.0916. The summed E-state index contributed by atoms with van der Waals surface area (Å²) in [6.07, 6.45) is 1.69. The SMILES string of the molecule is CCc1ccc(-c2c(C#N)c(N)nc3sc(C(=O)NC(C)(C)CC)c(N)c23)cc1. The molecule has 0 fully saturated rings. The van der Waals surface area contributed by atoms with Gasteiger partial charge in [-0.05, 0) is 37.8 Å². The van der Waals surface area contributed by atoms with Crippen molar-refractivity contribution in [3.05, 3.63) is 40.3 Å². The van der Waals surface area contributed by atoms with E-state index in [4.69, 9.17) is 11.5 Å². The predicted molar refractivity (Wildman–Crippen MR) is 120 cm³/mol. The van der Waals surface area contributed by atoms with E-state index in [1.807, 2.05) is 45.0 Å². The number of pyridine rings is 1. The lowest BCUT2D eigenvalue weighted by Gasteiger charge is -2.24. The van der Waals surface area contributed by atoms with Crippen LogP contribution in [0.25, 0.3) is 21.3 Å². The summed E-state index contributed by atoms with van der Waals surface area (Å²) in [6, 6.07) is 10.1. The van der Waals surface area contributed by atoms with Crippen molar-refractivity contribution in [1.29, 1.82) is 5.26 Å². The van der Waals surface area contributed by atoms with Crippen LogP contribution in [0.15, 0.2) is 24.3 Å². The summed E-state index contributed by atoms with van der Waals surface area (Å²) in [4.78, 5) is 18.2. The number of benzene rings is 1. The topological polar surface area (TPSA) is 118 Å². The lowest BCUT2D eigenvalue weighted by Crippen LogP contribution is -2.42. The van der Waals surface area contributed by atoms with E-state index in [2.05, 4.69) is 23.3 Å². The minimum Gasteiger partial charge on any atom is -0.397 e. The van der Waals surface area contributed by atoms with Gasteiger partial charge >= 0.3 is 0 Å². The van der Waals surface area contributed by atoms with E-state index >= 15 is 0 Å². The molecule has 3 rings (SSSR count). The number of anilines is 2.